The quantitative estimate of drug-likeness (QED) is 0.309. The minimum Gasteiger partial charge on any atom is -0.481 e. The highest BCUT2D eigenvalue weighted by Gasteiger charge is 2.19. The van der Waals surface area contributed by atoms with Gasteiger partial charge in [-0.15, -0.1) is 0 Å². The molecule has 32 heavy (non-hydrogen) atoms. The molecule has 7 nitrogen and oxygen atoms in total. The summed E-state index contributed by atoms with van der Waals surface area (Å²) >= 11 is 0. The SMILES string of the molecule is CCOC(=O)COc1ccc(CC)cc1C(=O)c1ccn2nc(-c3ccccc3)cc2n1. The number of ketones is 1. The zero-order chi connectivity index (χ0) is 22.5. The fraction of sp³-hybridized carbons (Fsp3) is 0.200. The maximum atomic E-state index is 13.3. The second-order valence-electron chi connectivity index (χ2n) is 7.12. The van der Waals surface area contributed by atoms with Crippen molar-refractivity contribution in [2.45, 2.75) is 20.3 Å². The molecule has 0 atom stereocenters. The van der Waals surface area contributed by atoms with E-state index in [4.69, 9.17) is 9.47 Å². The Hall–Kier alpha value is -4.00. The molecule has 0 radical (unpaired) electrons. The number of nitrogens with zero attached hydrogens (tertiary/aromatic N) is 3. The minimum absolute atomic E-state index is 0.267. The first kappa shape index (κ1) is 21.2. The number of hydrogen-bond acceptors (Lipinski definition) is 6. The number of carbonyl (C=O) groups is 2. The summed E-state index contributed by atoms with van der Waals surface area (Å²) in [7, 11) is 0. The normalized spacial score (nSPS) is 10.8. The molecule has 4 aromatic rings. The van der Waals surface area contributed by atoms with E-state index in [-0.39, 0.29) is 24.7 Å². The van der Waals surface area contributed by atoms with Gasteiger partial charge in [-0.25, -0.2) is 14.3 Å². The van der Waals surface area contributed by atoms with Crippen molar-refractivity contribution in [2.75, 3.05) is 13.2 Å². The molecule has 0 aliphatic rings. The van der Waals surface area contributed by atoms with Gasteiger partial charge in [-0.05, 0) is 37.1 Å². The van der Waals surface area contributed by atoms with Gasteiger partial charge in [-0.2, -0.15) is 5.10 Å². The molecule has 0 saturated carbocycles. The predicted molar refractivity (Wildman–Crippen MR) is 120 cm³/mol. The number of ether oxygens (including phenoxy) is 2. The van der Waals surface area contributed by atoms with Crippen LogP contribution < -0.4 is 4.74 Å². The second-order valence-corrected chi connectivity index (χ2v) is 7.12. The molecule has 2 heterocycles. The van der Waals surface area contributed by atoms with Gasteiger partial charge >= 0.3 is 5.97 Å². The molecule has 0 bridgehead atoms. The highest BCUT2D eigenvalue weighted by atomic mass is 16.6. The van der Waals surface area contributed by atoms with E-state index in [9.17, 15) is 9.59 Å². The van der Waals surface area contributed by atoms with E-state index in [1.807, 2.05) is 49.4 Å². The number of aromatic nitrogens is 3. The van der Waals surface area contributed by atoms with E-state index in [1.54, 1.807) is 35.8 Å². The van der Waals surface area contributed by atoms with Crippen molar-refractivity contribution in [3.8, 4) is 17.0 Å². The zero-order valence-electron chi connectivity index (χ0n) is 17.9. The van der Waals surface area contributed by atoms with Gasteiger partial charge in [0.1, 0.15) is 11.4 Å². The Balaban J connectivity index is 1.66. The fourth-order valence-electron chi connectivity index (χ4n) is 3.33. The smallest absolute Gasteiger partial charge is 0.344 e. The van der Waals surface area contributed by atoms with Crippen LogP contribution in [-0.4, -0.2) is 39.6 Å². The Kier molecular flexibility index (Phi) is 6.26. The lowest BCUT2D eigenvalue weighted by molar-refractivity contribution is -0.145. The van der Waals surface area contributed by atoms with Gasteiger partial charge in [0.25, 0.3) is 0 Å². The lowest BCUT2D eigenvalue weighted by atomic mass is 10.0. The summed E-state index contributed by atoms with van der Waals surface area (Å²) in [5, 5.41) is 4.53. The Morgan fingerprint density at radius 1 is 1.00 bits per heavy atom. The lowest BCUT2D eigenvalue weighted by Gasteiger charge is -2.12. The predicted octanol–water partition coefficient (Wildman–Crippen LogP) is 4.13. The van der Waals surface area contributed by atoms with Crippen molar-refractivity contribution in [3.63, 3.8) is 0 Å². The fourth-order valence-corrected chi connectivity index (χ4v) is 3.33. The van der Waals surface area contributed by atoms with Crippen molar-refractivity contribution >= 4 is 17.4 Å². The van der Waals surface area contributed by atoms with E-state index in [1.165, 1.54) is 0 Å². The molecule has 0 saturated heterocycles. The van der Waals surface area contributed by atoms with Crippen molar-refractivity contribution < 1.29 is 19.1 Å². The first-order chi connectivity index (χ1) is 15.6. The third-order valence-electron chi connectivity index (χ3n) is 4.97. The van der Waals surface area contributed by atoms with Gasteiger partial charge in [-0.3, -0.25) is 4.79 Å². The molecule has 0 fully saturated rings. The molecule has 0 unspecified atom stereocenters. The van der Waals surface area contributed by atoms with E-state index in [0.29, 0.717) is 17.0 Å². The molecule has 0 amide bonds. The largest absolute Gasteiger partial charge is 0.481 e. The number of hydrogen-bond donors (Lipinski definition) is 0. The molecule has 2 aromatic heterocycles. The van der Waals surface area contributed by atoms with Crippen LogP contribution in [0.3, 0.4) is 0 Å². The Morgan fingerprint density at radius 2 is 1.81 bits per heavy atom. The first-order valence-corrected chi connectivity index (χ1v) is 10.5. The summed E-state index contributed by atoms with van der Waals surface area (Å²) in [6, 6.07) is 18.6. The van der Waals surface area contributed by atoms with Crippen LogP contribution in [0.1, 0.15) is 35.5 Å². The maximum Gasteiger partial charge on any atom is 0.344 e. The number of benzene rings is 2. The second kappa shape index (κ2) is 9.43. The van der Waals surface area contributed by atoms with Crippen LogP contribution in [0.2, 0.25) is 0 Å². The van der Waals surface area contributed by atoms with Crippen LogP contribution in [0.5, 0.6) is 5.75 Å². The topological polar surface area (TPSA) is 82.8 Å². The maximum absolute atomic E-state index is 13.3. The van der Waals surface area contributed by atoms with E-state index in [2.05, 4.69) is 10.1 Å². The number of rotatable bonds is 8. The van der Waals surface area contributed by atoms with E-state index >= 15 is 0 Å². The Bertz CT molecular complexity index is 1260. The third kappa shape index (κ3) is 4.51. The van der Waals surface area contributed by atoms with Crippen molar-refractivity contribution in [2.24, 2.45) is 0 Å². The molecule has 0 N–H and O–H groups in total. The third-order valence-corrected chi connectivity index (χ3v) is 4.97. The van der Waals surface area contributed by atoms with Gasteiger partial charge < -0.3 is 9.47 Å². The summed E-state index contributed by atoms with van der Waals surface area (Å²) in [5.74, 6) is -0.456. The summed E-state index contributed by atoms with van der Waals surface area (Å²) in [6.45, 7) is 3.73. The van der Waals surface area contributed by atoms with E-state index < -0.39 is 5.97 Å². The molecule has 4 rings (SSSR count). The number of carbonyl (C=O) groups excluding carboxylic acids is 2. The summed E-state index contributed by atoms with van der Waals surface area (Å²) in [6.07, 6.45) is 2.47. The number of fused-ring (bicyclic) bond motifs is 1. The monoisotopic (exact) mass is 429 g/mol. The van der Waals surface area contributed by atoms with Crippen LogP contribution in [0, 0.1) is 0 Å². The van der Waals surface area contributed by atoms with Crippen molar-refractivity contribution in [1.82, 2.24) is 14.6 Å². The van der Waals surface area contributed by atoms with Crippen molar-refractivity contribution in [3.05, 3.63) is 83.7 Å². The van der Waals surface area contributed by atoms with Crippen LogP contribution in [0.25, 0.3) is 16.9 Å². The Labute approximate surface area is 185 Å². The van der Waals surface area contributed by atoms with Crippen LogP contribution >= 0.6 is 0 Å². The molecular weight excluding hydrogens is 406 g/mol. The highest BCUT2D eigenvalue weighted by molar-refractivity contribution is 6.09. The van der Waals surface area contributed by atoms with E-state index in [0.717, 1.165) is 23.2 Å². The summed E-state index contributed by atoms with van der Waals surface area (Å²) in [4.78, 5) is 29.6. The number of aryl methyl sites for hydroxylation is 1. The van der Waals surface area contributed by atoms with Gasteiger partial charge in [-0.1, -0.05) is 43.3 Å². The number of esters is 1. The van der Waals surface area contributed by atoms with Gasteiger partial charge in [0.2, 0.25) is 5.78 Å². The van der Waals surface area contributed by atoms with Gasteiger partial charge in [0.05, 0.1) is 17.9 Å². The first-order valence-electron chi connectivity index (χ1n) is 10.5. The van der Waals surface area contributed by atoms with Crippen LogP contribution in [-0.2, 0) is 16.0 Å². The average molecular weight is 429 g/mol. The molecular formula is C25H23N3O4. The summed E-state index contributed by atoms with van der Waals surface area (Å²) in [5.41, 5.74) is 3.91. The average Bonchev–Trinajstić information content (AvgIpc) is 3.26. The molecule has 2 aromatic carbocycles. The molecule has 7 heteroatoms. The zero-order valence-corrected chi connectivity index (χ0v) is 17.9. The van der Waals surface area contributed by atoms with Crippen LogP contribution in [0.15, 0.2) is 66.9 Å². The minimum atomic E-state index is -0.488. The highest BCUT2D eigenvalue weighted by Crippen LogP contribution is 2.24. The molecule has 162 valence electrons. The summed E-state index contributed by atoms with van der Waals surface area (Å²) < 4.78 is 12.2. The van der Waals surface area contributed by atoms with Crippen LogP contribution in [0.4, 0.5) is 0 Å². The molecule has 0 aliphatic carbocycles. The lowest BCUT2D eigenvalue weighted by Crippen LogP contribution is -2.16. The molecule has 0 aliphatic heterocycles. The standard InChI is InChI=1S/C25H23N3O4/c1-3-17-10-11-22(32-16-24(29)31-4-2)19(14-17)25(30)20-12-13-28-23(26-20)15-21(27-28)18-8-6-5-7-9-18/h5-15H,3-4,16H2,1-2H3. The van der Waals surface area contributed by atoms with Gasteiger partial charge in [0, 0.05) is 17.8 Å². The van der Waals surface area contributed by atoms with Crippen molar-refractivity contribution in [1.29, 1.82) is 0 Å². The van der Waals surface area contributed by atoms with Gasteiger partial charge in [0.15, 0.2) is 12.3 Å². The molecule has 0 spiro atoms. The Morgan fingerprint density at radius 3 is 2.56 bits per heavy atom.